The number of hydrogen-bond donors (Lipinski definition) is 0. The quantitative estimate of drug-likeness (QED) is 0.849. The van der Waals surface area contributed by atoms with Crippen LogP contribution in [0.3, 0.4) is 0 Å². The molecule has 3 heterocycles. The molecule has 0 spiro atoms. The lowest BCUT2D eigenvalue weighted by Crippen LogP contribution is -2.46. The van der Waals surface area contributed by atoms with E-state index < -0.39 is 0 Å². The lowest BCUT2D eigenvalue weighted by Gasteiger charge is -2.34. The lowest BCUT2D eigenvalue weighted by atomic mass is 10.0. The molecule has 0 N–H and O–H groups in total. The van der Waals surface area contributed by atoms with Crippen molar-refractivity contribution in [3.8, 4) is 0 Å². The molecule has 0 aromatic carbocycles. The molecule has 2 amide bonds. The van der Waals surface area contributed by atoms with E-state index in [2.05, 4.69) is 9.55 Å². The highest BCUT2D eigenvalue weighted by atomic mass is 16.2. The molecule has 1 aromatic rings. The lowest BCUT2D eigenvalue weighted by molar-refractivity contribution is -0.138. The highest BCUT2D eigenvalue weighted by Gasteiger charge is 2.36. The molecule has 6 nitrogen and oxygen atoms in total. The number of carbonyl (C=O) groups excluding carboxylic acids is 2. The molecule has 2 aliphatic heterocycles. The minimum Gasteiger partial charge on any atom is -0.344 e. The monoisotopic (exact) mass is 318 g/mol. The van der Waals surface area contributed by atoms with E-state index in [1.807, 2.05) is 25.1 Å². The number of aryl methyl sites for hydroxylation is 2. The molecular weight excluding hydrogens is 292 g/mol. The average Bonchev–Trinajstić information content (AvgIpc) is 3.13. The summed E-state index contributed by atoms with van der Waals surface area (Å²) in [6.07, 6.45) is 6.71. The molecule has 0 bridgehead atoms. The molecule has 23 heavy (non-hydrogen) atoms. The molecule has 3 rings (SSSR count). The maximum atomic E-state index is 13.1. The van der Waals surface area contributed by atoms with Crippen LogP contribution in [0.15, 0.2) is 6.20 Å². The summed E-state index contributed by atoms with van der Waals surface area (Å²) in [6, 6.07) is 0.0232. The number of aromatic nitrogens is 2. The van der Waals surface area contributed by atoms with Crippen LogP contribution >= 0.6 is 0 Å². The third-order valence-corrected chi connectivity index (χ3v) is 5.22. The second-order valence-electron chi connectivity index (χ2n) is 6.82. The van der Waals surface area contributed by atoms with Crippen molar-refractivity contribution in [1.29, 1.82) is 0 Å². The highest BCUT2D eigenvalue weighted by molar-refractivity contribution is 5.81. The van der Waals surface area contributed by atoms with Gasteiger partial charge in [0.1, 0.15) is 11.9 Å². The zero-order valence-corrected chi connectivity index (χ0v) is 14.3. The Morgan fingerprint density at radius 3 is 2.87 bits per heavy atom. The molecule has 0 radical (unpaired) electrons. The van der Waals surface area contributed by atoms with Crippen LogP contribution in [0.1, 0.15) is 50.2 Å². The average molecular weight is 318 g/mol. The first-order chi connectivity index (χ1) is 11.0. The van der Waals surface area contributed by atoms with Gasteiger partial charge in [0.25, 0.3) is 0 Å². The second-order valence-corrected chi connectivity index (χ2v) is 6.82. The molecule has 6 heteroatoms. The third kappa shape index (κ3) is 2.99. The summed E-state index contributed by atoms with van der Waals surface area (Å²) in [6.45, 7) is 5.02. The molecule has 2 atom stereocenters. The van der Waals surface area contributed by atoms with Crippen LogP contribution in [0.4, 0.5) is 0 Å². The summed E-state index contributed by atoms with van der Waals surface area (Å²) in [4.78, 5) is 32.8. The van der Waals surface area contributed by atoms with Gasteiger partial charge in [-0.15, -0.1) is 0 Å². The van der Waals surface area contributed by atoms with E-state index in [0.717, 1.165) is 50.2 Å². The second kappa shape index (κ2) is 6.34. The number of imidazole rings is 1. The number of likely N-dealkylation sites (tertiary alicyclic amines) is 1. The number of amides is 2. The molecular formula is C17H26N4O2. The maximum absolute atomic E-state index is 13.1. The fourth-order valence-corrected chi connectivity index (χ4v) is 3.87. The minimum absolute atomic E-state index is 0.0507. The molecule has 2 aliphatic rings. The Morgan fingerprint density at radius 2 is 2.13 bits per heavy atom. The number of rotatable bonds is 3. The SMILES string of the molecule is CC(=O)N(C)CC1CCCN1C(=O)C1CCCc2ncc(C)n21. The van der Waals surface area contributed by atoms with Gasteiger partial charge in [0.05, 0.1) is 0 Å². The van der Waals surface area contributed by atoms with E-state index in [4.69, 9.17) is 0 Å². The Kier molecular flexibility index (Phi) is 4.41. The van der Waals surface area contributed by atoms with Gasteiger partial charge < -0.3 is 14.4 Å². The van der Waals surface area contributed by atoms with Gasteiger partial charge in [0.15, 0.2) is 0 Å². The van der Waals surface area contributed by atoms with Crippen molar-refractivity contribution < 1.29 is 9.59 Å². The van der Waals surface area contributed by atoms with Crippen molar-refractivity contribution in [2.45, 2.75) is 58.0 Å². The fourth-order valence-electron chi connectivity index (χ4n) is 3.87. The number of nitrogens with zero attached hydrogens (tertiary/aromatic N) is 4. The first-order valence-electron chi connectivity index (χ1n) is 8.54. The topological polar surface area (TPSA) is 58.4 Å². The van der Waals surface area contributed by atoms with Crippen LogP contribution < -0.4 is 0 Å². The van der Waals surface area contributed by atoms with Gasteiger partial charge in [-0.1, -0.05) is 0 Å². The zero-order chi connectivity index (χ0) is 16.6. The Morgan fingerprint density at radius 1 is 1.35 bits per heavy atom. The standard InChI is InChI=1S/C17H26N4O2/c1-12-10-18-16-8-4-7-15(21(12)16)17(23)20-9-5-6-14(20)11-19(3)13(2)22/h10,14-15H,4-9,11H2,1-3H3. The molecule has 1 fully saturated rings. The van der Waals surface area contributed by atoms with E-state index in [9.17, 15) is 9.59 Å². The number of hydrogen-bond acceptors (Lipinski definition) is 3. The van der Waals surface area contributed by atoms with E-state index in [1.165, 1.54) is 0 Å². The van der Waals surface area contributed by atoms with Gasteiger partial charge >= 0.3 is 0 Å². The van der Waals surface area contributed by atoms with Crippen LogP contribution in [0, 0.1) is 6.92 Å². The largest absolute Gasteiger partial charge is 0.344 e. The van der Waals surface area contributed by atoms with Crippen molar-refractivity contribution in [3.05, 3.63) is 17.7 Å². The van der Waals surface area contributed by atoms with Crippen molar-refractivity contribution in [2.24, 2.45) is 0 Å². The Hall–Kier alpha value is -1.85. The summed E-state index contributed by atoms with van der Waals surface area (Å²) in [5, 5.41) is 0. The van der Waals surface area contributed by atoms with Gasteiger partial charge in [-0.25, -0.2) is 4.98 Å². The summed E-state index contributed by atoms with van der Waals surface area (Å²) >= 11 is 0. The van der Waals surface area contributed by atoms with Gasteiger partial charge in [-0.2, -0.15) is 0 Å². The molecule has 126 valence electrons. The molecule has 1 aromatic heterocycles. The normalized spacial score (nSPS) is 23.7. The van der Waals surface area contributed by atoms with Gasteiger partial charge in [-0.3, -0.25) is 9.59 Å². The first kappa shape index (κ1) is 16.0. The third-order valence-electron chi connectivity index (χ3n) is 5.22. The Labute approximate surface area is 137 Å². The van der Waals surface area contributed by atoms with Gasteiger partial charge in [0.2, 0.25) is 11.8 Å². The van der Waals surface area contributed by atoms with E-state index in [-0.39, 0.29) is 23.9 Å². The summed E-state index contributed by atoms with van der Waals surface area (Å²) in [5.74, 6) is 1.28. The van der Waals surface area contributed by atoms with Crippen molar-refractivity contribution in [3.63, 3.8) is 0 Å². The summed E-state index contributed by atoms with van der Waals surface area (Å²) in [5.41, 5.74) is 1.06. The molecule has 0 aliphatic carbocycles. The Balaban J connectivity index is 1.77. The van der Waals surface area contributed by atoms with E-state index >= 15 is 0 Å². The van der Waals surface area contributed by atoms with E-state index in [0.29, 0.717) is 6.54 Å². The fraction of sp³-hybridized carbons (Fsp3) is 0.706. The van der Waals surface area contributed by atoms with Gasteiger partial charge in [0, 0.05) is 51.4 Å². The highest BCUT2D eigenvalue weighted by Crippen LogP contribution is 2.30. The summed E-state index contributed by atoms with van der Waals surface area (Å²) in [7, 11) is 1.81. The van der Waals surface area contributed by atoms with Crippen molar-refractivity contribution >= 4 is 11.8 Å². The smallest absolute Gasteiger partial charge is 0.246 e. The van der Waals surface area contributed by atoms with Crippen molar-refractivity contribution in [2.75, 3.05) is 20.1 Å². The molecule has 1 saturated heterocycles. The number of fused-ring (bicyclic) bond motifs is 1. The number of likely N-dealkylation sites (N-methyl/N-ethyl adjacent to an activating group) is 1. The van der Waals surface area contributed by atoms with Crippen LogP contribution in [-0.2, 0) is 16.0 Å². The first-order valence-corrected chi connectivity index (χ1v) is 8.54. The maximum Gasteiger partial charge on any atom is 0.246 e. The zero-order valence-electron chi connectivity index (χ0n) is 14.3. The molecule has 2 unspecified atom stereocenters. The van der Waals surface area contributed by atoms with Crippen LogP contribution in [0.2, 0.25) is 0 Å². The summed E-state index contributed by atoms with van der Waals surface area (Å²) < 4.78 is 2.12. The molecule has 0 saturated carbocycles. The van der Waals surface area contributed by atoms with Crippen molar-refractivity contribution in [1.82, 2.24) is 19.4 Å². The Bertz CT molecular complexity index is 610. The minimum atomic E-state index is -0.121. The van der Waals surface area contributed by atoms with Crippen LogP contribution in [0.25, 0.3) is 0 Å². The van der Waals surface area contributed by atoms with E-state index in [1.54, 1.807) is 11.8 Å². The number of carbonyl (C=O) groups is 2. The predicted octanol–water partition coefficient (Wildman–Crippen LogP) is 1.54. The predicted molar refractivity (Wildman–Crippen MR) is 87.0 cm³/mol. The van der Waals surface area contributed by atoms with Crippen LogP contribution in [-0.4, -0.2) is 57.3 Å². The van der Waals surface area contributed by atoms with Gasteiger partial charge in [-0.05, 0) is 32.6 Å². The van der Waals surface area contributed by atoms with Crippen LogP contribution in [0.5, 0.6) is 0 Å².